The van der Waals surface area contributed by atoms with Crippen LogP contribution < -0.4 is 4.74 Å². The van der Waals surface area contributed by atoms with Gasteiger partial charge in [-0.25, -0.2) is 0 Å². The Balaban J connectivity index is 2.09. The number of halogens is 2. The van der Waals surface area contributed by atoms with Gasteiger partial charge in [0.05, 0.1) is 7.11 Å². The van der Waals surface area contributed by atoms with Crippen molar-refractivity contribution >= 4 is 43.6 Å². The van der Waals surface area contributed by atoms with Crippen LogP contribution in [0.2, 0.25) is 0 Å². The van der Waals surface area contributed by atoms with Crippen LogP contribution in [0.4, 0.5) is 0 Å². The Labute approximate surface area is 128 Å². The van der Waals surface area contributed by atoms with E-state index in [2.05, 4.69) is 62.2 Å². The van der Waals surface area contributed by atoms with Crippen LogP contribution in [0.25, 0.3) is 0 Å². The van der Waals surface area contributed by atoms with Crippen LogP contribution in [0, 0.1) is 0 Å². The summed E-state index contributed by atoms with van der Waals surface area (Å²) in [5.41, 5.74) is 1.19. The molecule has 0 fully saturated rings. The van der Waals surface area contributed by atoms with Crippen LogP contribution in [-0.4, -0.2) is 7.11 Å². The Morgan fingerprint density at radius 2 is 1.67 bits per heavy atom. The molecule has 0 aromatic heterocycles. The van der Waals surface area contributed by atoms with E-state index in [0.717, 1.165) is 20.4 Å². The summed E-state index contributed by atoms with van der Waals surface area (Å²) in [7, 11) is 1.71. The highest BCUT2D eigenvalue weighted by molar-refractivity contribution is 9.10. The molecule has 0 amide bonds. The number of benzene rings is 2. The molecule has 2 aromatic carbocycles. The monoisotopic (exact) mass is 386 g/mol. The van der Waals surface area contributed by atoms with Crippen LogP contribution in [0.3, 0.4) is 0 Å². The van der Waals surface area contributed by atoms with Gasteiger partial charge in [-0.1, -0.05) is 31.9 Å². The van der Waals surface area contributed by atoms with Gasteiger partial charge in [-0.2, -0.15) is 0 Å². The van der Waals surface area contributed by atoms with Gasteiger partial charge in [-0.3, -0.25) is 0 Å². The van der Waals surface area contributed by atoms with Crippen LogP contribution >= 0.6 is 43.6 Å². The zero-order chi connectivity index (χ0) is 13.0. The predicted octanol–water partition coefficient (Wildman–Crippen LogP) is 5.51. The van der Waals surface area contributed by atoms with Gasteiger partial charge in [0.2, 0.25) is 0 Å². The van der Waals surface area contributed by atoms with Gasteiger partial charge in [0, 0.05) is 25.2 Å². The average Bonchev–Trinajstić information content (AvgIpc) is 2.38. The largest absolute Gasteiger partial charge is 0.496 e. The first kappa shape index (κ1) is 14.0. The third-order valence-corrected chi connectivity index (χ3v) is 4.53. The van der Waals surface area contributed by atoms with Gasteiger partial charge in [-0.05, 0) is 42.5 Å². The summed E-state index contributed by atoms with van der Waals surface area (Å²) in [6, 6.07) is 14.4. The third-order valence-electron chi connectivity index (χ3n) is 2.45. The average molecular weight is 388 g/mol. The van der Waals surface area contributed by atoms with Crippen LogP contribution in [0.5, 0.6) is 5.75 Å². The number of hydrogen-bond acceptors (Lipinski definition) is 2. The molecule has 0 aliphatic carbocycles. The second kappa shape index (κ2) is 6.64. The van der Waals surface area contributed by atoms with Crippen molar-refractivity contribution in [3.63, 3.8) is 0 Å². The lowest BCUT2D eigenvalue weighted by Crippen LogP contribution is -1.90. The number of thioether (sulfide) groups is 1. The second-order valence-corrected chi connectivity index (χ2v) is 6.58. The van der Waals surface area contributed by atoms with Crippen molar-refractivity contribution in [2.45, 2.75) is 10.6 Å². The first-order valence-corrected chi connectivity index (χ1v) is 7.97. The van der Waals surface area contributed by atoms with Gasteiger partial charge >= 0.3 is 0 Å². The van der Waals surface area contributed by atoms with E-state index in [9.17, 15) is 0 Å². The van der Waals surface area contributed by atoms with E-state index in [4.69, 9.17) is 4.74 Å². The zero-order valence-electron chi connectivity index (χ0n) is 9.82. The molecule has 2 aromatic rings. The maximum Gasteiger partial charge on any atom is 0.122 e. The highest BCUT2D eigenvalue weighted by atomic mass is 79.9. The van der Waals surface area contributed by atoms with Crippen molar-refractivity contribution in [3.05, 3.63) is 57.0 Å². The SMILES string of the molecule is COc1ccc(Br)cc1CSc1ccc(Br)cc1. The molecular formula is C14H12Br2OS. The Morgan fingerprint density at radius 1 is 1.00 bits per heavy atom. The van der Waals surface area contributed by atoms with Crippen LogP contribution in [0.1, 0.15) is 5.56 Å². The lowest BCUT2D eigenvalue weighted by atomic mass is 10.2. The maximum atomic E-state index is 5.37. The minimum absolute atomic E-state index is 0.893. The standard InChI is InChI=1S/C14H12Br2OS/c1-17-14-7-4-12(16)8-10(14)9-18-13-5-2-11(15)3-6-13/h2-8H,9H2,1H3. The molecule has 94 valence electrons. The molecule has 2 rings (SSSR count). The van der Waals surface area contributed by atoms with E-state index >= 15 is 0 Å². The van der Waals surface area contributed by atoms with Gasteiger partial charge < -0.3 is 4.74 Å². The number of hydrogen-bond donors (Lipinski definition) is 0. The topological polar surface area (TPSA) is 9.23 Å². The first-order valence-electron chi connectivity index (χ1n) is 5.40. The molecule has 0 aliphatic heterocycles. The van der Waals surface area contributed by atoms with Crippen LogP contribution in [-0.2, 0) is 5.75 Å². The quantitative estimate of drug-likeness (QED) is 0.639. The minimum Gasteiger partial charge on any atom is -0.496 e. The molecule has 0 bridgehead atoms. The molecule has 0 radical (unpaired) electrons. The summed E-state index contributed by atoms with van der Waals surface area (Å²) in [6.07, 6.45) is 0. The molecule has 4 heteroatoms. The van der Waals surface area contributed by atoms with E-state index in [1.54, 1.807) is 18.9 Å². The summed E-state index contributed by atoms with van der Waals surface area (Å²) in [5, 5.41) is 0. The molecular weight excluding hydrogens is 376 g/mol. The Kier molecular flexibility index (Phi) is 5.15. The molecule has 0 unspecified atom stereocenters. The maximum absolute atomic E-state index is 5.37. The highest BCUT2D eigenvalue weighted by Crippen LogP contribution is 2.30. The first-order chi connectivity index (χ1) is 8.69. The van der Waals surface area contributed by atoms with Gasteiger partial charge in [-0.15, -0.1) is 11.8 Å². The molecule has 1 nitrogen and oxygen atoms in total. The highest BCUT2D eigenvalue weighted by Gasteiger charge is 2.04. The molecule has 0 N–H and O–H groups in total. The van der Waals surface area contributed by atoms with Crippen molar-refractivity contribution in [1.82, 2.24) is 0 Å². The number of rotatable bonds is 4. The molecule has 0 saturated carbocycles. The normalized spacial score (nSPS) is 10.4. The lowest BCUT2D eigenvalue weighted by molar-refractivity contribution is 0.411. The van der Waals surface area contributed by atoms with Gasteiger partial charge in [0.1, 0.15) is 5.75 Å². The van der Waals surface area contributed by atoms with E-state index in [1.807, 2.05) is 12.1 Å². The van der Waals surface area contributed by atoms with E-state index in [-0.39, 0.29) is 0 Å². The summed E-state index contributed by atoms with van der Waals surface area (Å²) in [4.78, 5) is 1.25. The van der Waals surface area contributed by atoms with Crippen LogP contribution in [0.15, 0.2) is 56.3 Å². The van der Waals surface area contributed by atoms with Crippen molar-refractivity contribution in [1.29, 1.82) is 0 Å². The molecule has 0 aliphatic rings. The smallest absolute Gasteiger partial charge is 0.122 e. The summed E-state index contributed by atoms with van der Waals surface area (Å²) in [5.74, 6) is 1.83. The van der Waals surface area contributed by atoms with E-state index < -0.39 is 0 Å². The molecule has 0 heterocycles. The lowest BCUT2D eigenvalue weighted by Gasteiger charge is -2.08. The fourth-order valence-electron chi connectivity index (χ4n) is 1.55. The number of methoxy groups -OCH3 is 1. The summed E-state index contributed by atoms with van der Waals surface area (Å²) >= 11 is 8.73. The Hall–Kier alpha value is -0.450. The second-order valence-electron chi connectivity index (χ2n) is 3.70. The summed E-state index contributed by atoms with van der Waals surface area (Å²) in [6.45, 7) is 0. The van der Waals surface area contributed by atoms with Crippen molar-refractivity contribution in [2.75, 3.05) is 7.11 Å². The van der Waals surface area contributed by atoms with Crippen molar-refractivity contribution in [3.8, 4) is 5.75 Å². The molecule has 0 atom stereocenters. The predicted molar refractivity (Wildman–Crippen MR) is 84.4 cm³/mol. The van der Waals surface area contributed by atoms with Crippen molar-refractivity contribution < 1.29 is 4.74 Å². The Bertz CT molecular complexity index is 526. The third kappa shape index (κ3) is 3.77. The van der Waals surface area contributed by atoms with Gasteiger partial charge in [0.15, 0.2) is 0 Å². The summed E-state index contributed by atoms with van der Waals surface area (Å²) < 4.78 is 7.55. The molecule has 0 saturated heterocycles. The fraction of sp³-hybridized carbons (Fsp3) is 0.143. The van der Waals surface area contributed by atoms with E-state index in [0.29, 0.717) is 0 Å². The Morgan fingerprint density at radius 3 is 2.33 bits per heavy atom. The molecule has 18 heavy (non-hydrogen) atoms. The molecule has 0 spiro atoms. The van der Waals surface area contributed by atoms with Gasteiger partial charge in [0.25, 0.3) is 0 Å². The van der Waals surface area contributed by atoms with E-state index in [1.165, 1.54) is 10.5 Å². The van der Waals surface area contributed by atoms with Crippen molar-refractivity contribution in [2.24, 2.45) is 0 Å². The minimum atomic E-state index is 0.893. The number of ether oxygens (including phenoxy) is 1. The fourth-order valence-corrected chi connectivity index (χ4v) is 3.10. The zero-order valence-corrected chi connectivity index (χ0v) is 13.8.